The normalized spacial score (nSPS) is 9.56. The third-order valence-corrected chi connectivity index (χ3v) is 1.97. The van der Waals surface area contributed by atoms with Gasteiger partial charge in [-0.05, 0) is 23.9 Å². The van der Waals surface area contributed by atoms with E-state index in [1.807, 2.05) is 18.4 Å². The van der Waals surface area contributed by atoms with Crippen LogP contribution in [0.15, 0.2) is 11.4 Å². The minimum atomic E-state index is 1.08. The summed E-state index contributed by atoms with van der Waals surface area (Å²) in [6.45, 7) is 2.04. The lowest BCUT2D eigenvalue weighted by molar-refractivity contribution is 0.272. The Labute approximate surface area is 58.4 Å². The molecule has 9 heavy (non-hydrogen) atoms. The molecule has 0 bridgehead atoms. The first kappa shape index (κ1) is 6.58. The zero-order valence-electron chi connectivity index (χ0n) is 5.47. The van der Waals surface area contributed by atoms with Crippen LogP contribution in [0.25, 0.3) is 0 Å². The highest BCUT2D eigenvalue weighted by atomic mass is 32.1. The van der Waals surface area contributed by atoms with Crippen molar-refractivity contribution in [2.24, 2.45) is 0 Å². The molecule has 0 fully saturated rings. The van der Waals surface area contributed by atoms with Crippen molar-refractivity contribution in [3.05, 3.63) is 17.0 Å². The van der Waals surface area contributed by atoms with Crippen LogP contribution >= 0.6 is 11.3 Å². The summed E-state index contributed by atoms with van der Waals surface area (Å²) in [5, 5.41) is 3.11. The van der Waals surface area contributed by atoms with Crippen LogP contribution < -0.4 is 5.48 Å². The molecule has 0 aliphatic heterocycles. The molecular weight excluding hydrogens is 134 g/mol. The van der Waals surface area contributed by atoms with E-state index < -0.39 is 0 Å². The van der Waals surface area contributed by atoms with Crippen molar-refractivity contribution in [2.75, 3.05) is 12.6 Å². The van der Waals surface area contributed by atoms with Crippen LogP contribution in [-0.2, 0) is 4.84 Å². The summed E-state index contributed by atoms with van der Waals surface area (Å²) < 4.78 is 0. The van der Waals surface area contributed by atoms with Crippen LogP contribution in [-0.4, -0.2) is 7.11 Å². The van der Waals surface area contributed by atoms with Gasteiger partial charge in [0.05, 0.1) is 7.11 Å². The van der Waals surface area contributed by atoms with Crippen LogP contribution in [0.5, 0.6) is 0 Å². The number of nitrogens with one attached hydrogen (secondary N) is 1. The Bertz CT molecular complexity index is 185. The van der Waals surface area contributed by atoms with Crippen LogP contribution in [0.3, 0.4) is 0 Å². The van der Waals surface area contributed by atoms with E-state index in [2.05, 4.69) is 5.48 Å². The van der Waals surface area contributed by atoms with Gasteiger partial charge in [0.1, 0.15) is 5.00 Å². The maximum atomic E-state index is 4.73. The summed E-state index contributed by atoms with van der Waals surface area (Å²) in [4.78, 5) is 4.73. The minimum Gasteiger partial charge on any atom is -0.279 e. The van der Waals surface area contributed by atoms with Gasteiger partial charge in [0, 0.05) is 0 Å². The molecule has 0 saturated carbocycles. The van der Waals surface area contributed by atoms with Gasteiger partial charge in [-0.2, -0.15) is 0 Å². The second-order valence-corrected chi connectivity index (χ2v) is 2.66. The molecule has 0 radical (unpaired) electrons. The molecule has 50 valence electrons. The lowest BCUT2D eigenvalue weighted by Gasteiger charge is -1.98. The number of hydrogen-bond acceptors (Lipinski definition) is 3. The number of thiophene rings is 1. The van der Waals surface area contributed by atoms with Gasteiger partial charge in [-0.25, -0.2) is 0 Å². The van der Waals surface area contributed by atoms with Crippen LogP contribution in [0.4, 0.5) is 5.00 Å². The highest BCUT2D eigenvalue weighted by Gasteiger charge is 1.94. The van der Waals surface area contributed by atoms with Gasteiger partial charge in [0.25, 0.3) is 0 Å². The number of aryl methyl sites for hydroxylation is 1. The van der Waals surface area contributed by atoms with Gasteiger partial charge >= 0.3 is 0 Å². The number of rotatable bonds is 2. The van der Waals surface area contributed by atoms with E-state index in [1.165, 1.54) is 5.56 Å². The first-order chi connectivity index (χ1) is 4.34. The van der Waals surface area contributed by atoms with Crippen molar-refractivity contribution in [3.63, 3.8) is 0 Å². The van der Waals surface area contributed by atoms with E-state index in [1.54, 1.807) is 18.4 Å². The summed E-state index contributed by atoms with van der Waals surface area (Å²) in [5.41, 5.74) is 4.00. The Morgan fingerprint density at radius 2 is 2.44 bits per heavy atom. The second kappa shape index (κ2) is 2.85. The van der Waals surface area contributed by atoms with Crippen molar-refractivity contribution in [1.29, 1.82) is 0 Å². The summed E-state index contributed by atoms with van der Waals surface area (Å²) >= 11 is 1.64. The maximum Gasteiger partial charge on any atom is 0.116 e. The Balaban J connectivity index is 2.69. The van der Waals surface area contributed by atoms with E-state index in [0.29, 0.717) is 0 Å². The van der Waals surface area contributed by atoms with Crippen LogP contribution in [0.2, 0.25) is 0 Å². The molecule has 0 saturated heterocycles. The lowest BCUT2D eigenvalue weighted by Crippen LogP contribution is -1.93. The summed E-state index contributed by atoms with van der Waals surface area (Å²) in [6.07, 6.45) is 0. The van der Waals surface area contributed by atoms with Gasteiger partial charge in [0.15, 0.2) is 0 Å². The molecule has 1 aromatic rings. The molecule has 0 atom stereocenters. The second-order valence-electron chi connectivity index (χ2n) is 1.74. The lowest BCUT2D eigenvalue weighted by atomic mass is 10.4. The highest BCUT2D eigenvalue weighted by molar-refractivity contribution is 7.14. The Kier molecular flexibility index (Phi) is 2.08. The zero-order valence-corrected chi connectivity index (χ0v) is 6.29. The first-order valence-corrected chi connectivity index (χ1v) is 3.55. The SMILES string of the molecule is CONc1sccc1C. The molecule has 0 aliphatic rings. The fraction of sp³-hybridized carbons (Fsp3) is 0.333. The van der Waals surface area contributed by atoms with Crippen molar-refractivity contribution in [3.8, 4) is 0 Å². The van der Waals surface area contributed by atoms with Crippen molar-refractivity contribution < 1.29 is 4.84 Å². The maximum absolute atomic E-state index is 4.73. The Morgan fingerprint density at radius 3 is 2.89 bits per heavy atom. The fourth-order valence-corrected chi connectivity index (χ4v) is 1.36. The number of anilines is 1. The van der Waals surface area contributed by atoms with E-state index >= 15 is 0 Å². The average molecular weight is 143 g/mol. The quantitative estimate of drug-likeness (QED) is 0.639. The molecule has 0 aromatic carbocycles. The Morgan fingerprint density at radius 1 is 1.67 bits per heavy atom. The standard InChI is InChI=1S/C6H9NOS/c1-5-3-4-9-6(5)7-8-2/h3-4,7H,1-2H3. The molecule has 0 amide bonds. The third kappa shape index (κ3) is 1.43. The predicted octanol–water partition coefficient (Wildman–Crippen LogP) is 2.03. The molecule has 1 aromatic heterocycles. The molecule has 2 nitrogen and oxygen atoms in total. The van der Waals surface area contributed by atoms with Crippen molar-refractivity contribution in [2.45, 2.75) is 6.92 Å². The van der Waals surface area contributed by atoms with Gasteiger partial charge in [-0.15, -0.1) is 11.3 Å². The summed E-state index contributed by atoms with van der Waals surface area (Å²) in [7, 11) is 1.61. The number of hydrogen-bond donors (Lipinski definition) is 1. The molecule has 0 spiro atoms. The smallest absolute Gasteiger partial charge is 0.116 e. The summed E-state index contributed by atoms with van der Waals surface area (Å²) in [6, 6.07) is 2.05. The van der Waals surface area contributed by atoms with Crippen molar-refractivity contribution in [1.82, 2.24) is 0 Å². The van der Waals surface area contributed by atoms with Crippen LogP contribution in [0, 0.1) is 6.92 Å². The van der Waals surface area contributed by atoms with Crippen LogP contribution in [0.1, 0.15) is 5.56 Å². The van der Waals surface area contributed by atoms with E-state index in [4.69, 9.17) is 4.84 Å². The Hall–Kier alpha value is -0.540. The molecule has 1 rings (SSSR count). The molecule has 1 heterocycles. The van der Waals surface area contributed by atoms with Gasteiger partial charge in [0.2, 0.25) is 0 Å². The average Bonchev–Trinajstić information content (AvgIpc) is 2.18. The van der Waals surface area contributed by atoms with Gasteiger partial charge < -0.3 is 0 Å². The van der Waals surface area contributed by atoms with E-state index in [0.717, 1.165) is 5.00 Å². The predicted molar refractivity (Wildman–Crippen MR) is 39.7 cm³/mol. The summed E-state index contributed by atoms with van der Waals surface area (Å²) in [5.74, 6) is 0. The minimum absolute atomic E-state index is 1.08. The monoisotopic (exact) mass is 143 g/mol. The largest absolute Gasteiger partial charge is 0.279 e. The molecule has 1 N–H and O–H groups in total. The van der Waals surface area contributed by atoms with Crippen molar-refractivity contribution >= 4 is 16.3 Å². The van der Waals surface area contributed by atoms with Gasteiger partial charge in [-0.1, -0.05) is 0 Å². The highest BCUT2D eigenvalue weighted by Crippen LogP contribution is 2.20. The van der Waals surface area contributed by atoms with Gasteiger partial charge in [-0.3, -0.25) is 10.3 Å². The first-order valence-electron chi connectivity index (χ1n) is 2.67. The topological polar surface area (TPSA) is 21.3 Å². The molecular formula is C6H9NOS. The van der Waals surface area contributed by atoms with E-state index in [9.17, 15) is 0 Å². The molecule has 3 heteroatoms. The molecule has 0 aliphatic carbocycles. The zero-order chi connectivity index (χ0) is 6.69. The fourth-order valence-electron chi connectivity index (χ4n) is 0.570. The third-order valence-electron chi connectivity index (χ3n) is 1.06. The molecule has 0 unspecified atom stereocenters. The van der Waals surface area contributed by atoms with E-state index in [-0.39, 0.29) is 0 Å².